The highest BCUT2D eigenvalue weighted by molar-refractivity contribution is 7.94. The number of carbonyl (C=O) groups excluding carboxylic acids is 1. The lowest BCUT2D eigenvalue weighted by molar-refractivity contribution is 0.253. The number of urea groups is 1. The van der Waals surface area contributed by atoms with Gasteiger partial charge in [0.2, 0.25) is 0 Å². The predicted octanol–water partition coefficient (Wildman–Crippen LogP) is 4.61. The Labute approximate surface area is 166 Å². The van der Waals surface area contributed by atoms with E-state index in [2.05, 4.69) is 0 Å². The molecule has 0 saturated carbocycles. The number of amides is 2. The number of anilines is 2. The summed E-state index contributed by atoms with van der Waals surface area (Å²) in [4.78, 5) is 14.5. The standard InChI is InChI=1S/C21H16F2N2O3S/c1-14-6-2-3-7-18(14)25-21(26)24(13-15-10-11-16(22)17(23)12-15)19-8-4-5-9-20(19)29(25,27)28/h2-12H,13H2,1H3. The topological polar surface area (TPSA) is 57.7 Å². The van der Waals surface area contributed by atoms with E-state index in [4.69, 9.17) is 0 Å². The zero-order valence-corrected chi connectivity index (χ0v) is 16.2. The summed E-state index contributed by atoms with van der Waals surface area (Å²) in [6, 6.07) is 15.3. The van der Waals surface area contributed by atoms with Gasteiger partial charge in [0.25, 0.3) is 10.0 Å². The fraction of sp³-hybridized carbons (Fsp3) is 0.0952. The molecule has 29 heavy (non-hydrogen) atoms. The second-order valence-electron chi connectivity index (χ2n) is 6.64. The van der Waals surface area contributed by atoms with Gasteiger partial charge in [0, 0.05) is 0 Å². The van der Waals surface area contributed by atoms with Gasteiger partial charge >= 0.3 is 6.03 Å². The minimum atomic E-state index is -4.14. The minimum absolute atomic E-state index is 0.0366. The van der Waals surface area contributed by atoms with Gasteiger partial charge in [-0.25, -0.2) is 22.0 Å². The Morgan fingerprint density at radius 1 is 0.862 bits per heavy atom. The van der Waals surface area contributed by atoms with Gasteiger partial charge in [-0.3, -0.25) is 4.90 Å². The Bertz CT molecular complexity index is 1230. The van der Waals surface area contributed by atoms with Crippen LogP contribution in [0.1, 0.15) is 11.1 Å². The van der Waals surface area contributed by atoms with Crippen molar-refractivity contribution in [3.05, 3.63) is 89.5 Å². The van der Waals surface area contributed by atoms with E-state index in [9.17, 15) is 22.0 Å². The summed E-state index contributed by atoms with van der Waals surface area (Å²) in [6.45, 7) is 1.59. The number of nitrogens with zero attached hydrogens (tertiary/aromatic N) is 2. The molecule has 3 aromatic carbocycles. The number of halogens is 2. The Morgan fingerprint density at radius 2 is 1.52 bits per heavy atom. The lowest BCUT2D eigenvalue weighted by atomic mass is 10.1. The van der Waals surface area contributed by atoms with E-state index in [0.717, 1.165) is 16.4 Å². The highest BCUT2D eigenvalue weighted by atomic mass is 32.2. The number of sulfonamides is 1. The summed E-state index contributed by atoms with van der Waals surface area (Å²) >= 11 is 0. The van der Waals surface area contributed by atoms with Crippen LogP contribution < -0.4 is 9.21 Å². The second-order valence-corrected chi connectivity index (χ2v) is 8.40. The van der Waals surface area contributed by atoms with Crippen LogP contribution in [0, 0.1) is 18.6 Å². The average Bonchev–Trinajstić information content (AvgIpc) is 2.69. The van der Waals surface area contributed by atoms with Gasteiger partial charge in [-0.05, 0) is 48.4 Å². The van der Waals surface area contributed by atoms with E-state index in [1.54, 1.807) is 43.3 Å². The van der Waals surface area contributed by atoms with E-state index in [-0.39, 0.29) is 22.8 Å². The van der Waals surface area contributed by atoms with Gasteiger partial charge in [0.05, 0.1) is 17.9 Å². The Kier molecular flexibility index (Phi) is 4.58. The highest BCUT2D eigenvalue weighted by Gasteiger charge is 2.42. The van der Waals surface area contributed by atoms with Crippen molar-refractivity contribution in [1.29, 1.82) is 0 Å². The first kappa shape index (κ1) is 19.1. The summed E-state index contributed by atoms with van der Waals surface area (Å²) in [5.41, 5.74) is 1.36. The molecule has 0 bridgehead atoms. The summed E-state index contributed by atoms with van der Waals surface area (Å²) in [5, 5.41) is 0. The van der Waals surface area contributed by atoms with Crippen LogP contribution in [0.3, 0.4) is 0 Å². The number of rotatable bonds is 3. The maximum absolute atomic E-state index is 13.7. The molecule has 5 nitrogen and oxygen atoms in total. The molecule has 4 rings (SSSR count). The maximum atomic E-state index is 13.7. The Hall–Kier alpha value is -3.26. The SMILES string of the molecule is Cc1ccccc1N1C(=O)N(Cc2ccc(F)c(F)c2)c2ccccc2S1(=O)=O. The number of hydrogen-bond acceptors (Lipinski definition) is 3. The molecule has 0 unspecified atom stereocenters. The van der Waals surface area contributed by atoms with Crippen molar-refractivity contribution in [3.63, 3.8) is 0 Å². The lowest BCUT2D eigenvalue weighted by Gasteiger charge is -2.36. The first-order valence-corrected chi connectivity index (χ1v) is 10.2. The zero-order chi connectivity index (χ0) is 20.8. The number of benzene rings is 3. The van der Waals surface area contributed by atoms with E-state index in [1.807, 2.05) is 0 Å². The normalized spacial score (nSPS) is 15.3. The fourth-order valence-electron chi connectivity index (χ4n) is 3.31. The lowest BCUT2D eigenvalue weighted by Crippen LogP contribution is -2.51. The van der Waals surface area contributed by atoms with Crippen molar-refractivity contribution in [2.45, 2.75) is 18.4 Å². The van der Waals surface area contributed by atoms with E-state index >= 15 is 0 Å². The summed E-state index contributed by atoms with van der Waals surface area (Å²) < 4.78 is 54.2. The van der Waals surface area contributed by atoms with Gasteiger partial charge in [-0.1, -0.05) is 36.4 Å². The molecule has 8 heteroatoms. The molecule has 3 aromatic rings. The third-order valence-corrected chi connectivity index (χ3v) is 6.47. The van der Waals surface area contributed by atoms with E-state index in [0.29, 0.717) is 11.1 Å². The van der Waals surface area contributed by atoms with Crippen LogP contribution in [-0.4, -0.2) is 14.4 Å². The molecule has 0 atom stereocenters. The third-order valence-electron chi connectivity index (χ3n) is 4.74. The van der Waals surface area contributed by atoms with Gasteiger partial charge in [-0.2, -0.15) is 4.31 Å². The second kappa shape index (κ2) is 6.97. The van der Waals surface area contributed by atoms with Crippen LogP contribution >= 0.6 is 0 Å². The van der Waals surface area contributed by atoms with Crippen molar-refractivity contribution in [2.24, 2.45) is 0 Å². The minimum Gasteiger partial charge on any atom is -0.287 e. The maximum Gasteiger partial charge on any atom is 0.343 e. The molecule has 0 saturated heterocycles. The van der Waals surface area contributed by atoms with Crippen molar-refractivity contribution in [3.8, 4) is 0 Å². The molecule has 1 aliphatic heterocycles. The van der Waals surface area contributed by atoms with Crippen LogP contribution in [0.25, 0.3) is 0 Å². The molecule has 0 spiro atoms. The van der Waals surface area contributed by atoms with Crippen LogP contribution in [0.15, 0.2) is 71.6 Å². The monoisotopic (exact) mass is 414 g/mol. The van der Waals surface area contributed by atoms with Crippen LogP contribution in [0.5, 0.6) is 0 Å². The van der Waals surface area contributed by atoms with Crippen LogP contribution in [-0.2, 0) is 16.6 Å². The quantitative estimate of drug-likeness (QED) is 0.629. The van der Waals surface area contributed by atoms with Crippen molar-refractivity contribution < 1.29 is 22.0 Å². The molecule has 0 radical (unpaired) electrons. The van der Waals surface area contributed by atoms with Crippen LogP contribution in [0.2, 0.25) is 0 Å². The molecule has 2 amide bonds. The molecule has 0 N–H and O–H groups in total. The molecule has 0 aliphatic carbocycles. The molecule has 0 fully saturated rings. The van der Waals surface area contributed by atoms with Crippen molar-refractivity contribution in [2.75, 3.05) is 9.21 Å². The number of carbonyl (C=O) groups is 1. The smallest absolute Gasteiger partial charge is 0.287 e. The number of hydrogen-bond donors (Lipinski definition) is 0. The molecule has 0 aromatic heterocycles. The fourth-order valence-corrected chi connectivity index (χ4v) is 4.97. The molecule has 1 aliphatic rings. The van der Waals surface area contributed by atoms with Gasteiger partial charge < -0.3 is 0 Å². The Balaban J connectivity index is 1.88. The largest absolute Gasteiger partial charge is 0.343 e. The van der Waals surface area contributed by atoms with Gasteiger partial charge in [-0.15, -0.1) is 0 Å². The third kappa shape index (κ3) is 3.15. The van der Waals surface area contributed by atoms with Crippen LogP contribution in [0.4, 0.5) is 25.0 Å². The van der Waals surface area contributed by atoms with E-state index in [1.165, 1.54) is 23.1 Å². The van der Waals surface area contributed by atoms with Gasteiger partial charge in [0.1, 0.15) is 4.90 Å². The Morgan fingerprint density at radius 3 is 2.21 bits per heavy atom. The first-order chi connectivity index (χ1) is 13.8. The highest BCUT2D eigenvalue weighted by Crippen LogP contribution is 2.38. The number of para-hydroxylation sites is 2. The van der Waals surface area contributed by atoms with Crippen molar-refractivity contribution >= 4 is 27.4 Å². The average molecular weight is 414 g/mol. The number of fused-ring (bicyclic) bond motifs is 1. The van der Waals surface area contributed by atoms with E-state index < -0.39 is 27.7 Å². The summed E-state index contributed by atoms with van der Waals surface area (Å²) in [6.07, 6.45) is 0. The number of aryl methyl sites for hydroxylation is 1. The zero-order valence-electron chi connectivity index (χ0n) is 15.3. The molecular formula is C21H16F2N2O3S. The molecular weight excluding hydrogens is 398 g/mol. The summed E-state index contributed by atoms with van der Waals surface area (Å²) in [5.74, 6) is -2.04. The molecule has 148 valence electrons. The van der Waals surface area contributed by atoms with Gasteiger partial charge in [0.15, 0.2) is 11.6 Å². The predicted molar refractivity (Wildman–Crippen MR) is 105 cm³/mol. The first-order valence-electron chi connectivity index (χ1n) is 8.76. The molecule has 1 heterocycles. The van der Waals surface area contributed by atoms with Crippen molar-refractivity contribution in [1.82, 2.24) is 0 Å². The summed E-state index contributed by atoms with van der Waals surface area (Å²) in [7, 11) is -4.14.